The van der Waals surface area contributed by atoms with E-state index in [1.807, 2.05) is 41.5 Å². The number of allylic oxidation sites excluding steroid dienone is 6. The van der Waals surface area contributed by atoms with Gasteiger partial charge in [0.2, 0.25) is 5.78 Å². The summed E-state index contributed by atoms with van der Waals surface area (Å²) in [4.78, 5) is 25.2. The molecule has 0 aliphatic heterocycles. The predicted molar refractivity (Wildman–Crippen MR) is 104 cm³/mol. The maximum Gasteiger partial charge on any atom is 0.200 e. The Kier molecular flexibility index (Phi) is 5.50. The Morgan fingerprint density at radius 1 is 0.923 bits per heavy atom. The van der Waals surface area contributed by atoms with Crippen molar-refractivity contribution in [3.8, 4) is 0 Å². The molecule has 1 atom stereocenters. The molecule has 0 N–H and O–H groups in total. The van der Waals surface area contributed by atoms with Gasteiger partial charge in [0, 0.05) is 16.7 Å². The zero-order valence-corrected chi connectivity index (χ0v) is 16.4. The number of halogens is 1. The van der Waals surface area contributed by atoms with E-state index in [0.29, 0.717) is 22.3 Å². The summed E-state index contributed by atoms with van der Waals surface area (Å²) in [6.45, 7) is 11.8. The number of carbonyl (C=O) groups is 2. The normalized spacial score (nSPS) is 16.7. The van der Waals surface area contributed by atoms with Crippen LogP contribution in [0.1, 0.15) is 51.9 Å². The Balaban J connectivity index is 2.46. The third kappa shape index (κ3) is 4.46. The highest BCUT2D eigenvalue weighted by Crippen LogP contribution is 2.39. The van der Waals surface area contributed by atoms with Gasteiger partial charge in [-0.3, -0.25) is 9.59 Å². The summed E-state index contributed by atoms with van der Waals surface area (Å²) < 4.78 is 14.6. The van der Waals surface area contributed by atoms with Crippen LogP contribution in [-0.4, -0.2) is 17.7 Å². The van der Waals surface area contributed by atoms with Gasteiger partial charge >= 0.3 is 0 Å². The summed E-state index contributed by atoms with van der Waals surface area (Å²) in [5.74, 6) is -0.585. The van der Waals surface area contributed by atoms with Gasteiger partial charge in [0.05, 0.1) is 0 Å². The molecule has 1 aromatic carbocycles. The third-order valence-electron chi connectivity index (χ3n) is 4.37. The first-order chi connectivity index (χ1) is 11.9. The number of alkyl halides is 1. The standard InChI is InChI=1S/C23H27FO2/c1-22(2,3)17-12-15(13-18(21(17)26)23(4,5)6)14-19(24)20(25)16-10-8-7-9-11-16/h7-14,19H,1-6H3. The van der Waals surface area contributed by atoms with Crippen molar-refractivity contribution in [1.29, 1.82) is 0 Å². The lowest BCUT2D eigenvalue weighted by atomic mass is 9.72. The monoisotopic (exact) mass is 354 g/mol. The third-order valence-corrected chi connectivity index (χ3v) is 4.37. The molecule has 1 unspecified atom stereocenters. The fraction of sp³-hybridized carbons (Fsp3) is 0.391. The summed E-state index contributed by atoms with van der Waals surface area (Å²) in [7, 11) is 0. The van der Waals surface area contributed by atoms with Crippen molar-refractivity contribution in [3.63, 3.8) is 0 Å². The highest BCUT2D eigenvalue weighted by atomic mass is 19.1. The smallest absolute Gasteiger partial charge is 0.200 e. The molecule has 0 spiro atoms. The van der Waals surface area contributed by atoms with Crippen molar-refractivity contribution >= 4 is 11.6 Å². The molecule has 0 amide bonds. The van der Waals surface area contributed by atoms with Crippen LogP contribution in [0, 0.1) is 10.8 Å². The van der Waals surface area contributed by atoms with Crippen LogP contribution < -0.4 is 0 Å². The second-order valence-corrected chi connectivity index (χ2v) is 8.74. The van der Waals surface area contributed by atoms with Crippen LogP contribution in [0.3, 0.4) is 0 Å². The molecule has 1 aliphatic rings. The highest BCUT2D eigenvalue weighted by Gasteiger charge is 2.34. The average molecular weight is 354 g/mol. The summed E-state index contributed by atoms with van der Waals surface area (Å²) in [5, 5.41) is 0. The Bertz CT molecular complexity index is 761. The van der Waals surface area contributed by atoms with E-state index >= 15 is 0 Å². The van der Waals surface area contributed by atoms with Crippen molar-refractivity contribution in [2.75, 3.05) is 0 Å². The van der Waals surface area contributed by atoms with Gasteiger partial charge in [-0.2, -0.15) is 0 Å². The van der Waals surface area contributed by atoms with Crippen LogP contribution in [0.4, 0.5) is 4.39 Å². The summed E-state index contributed by atoms with van der Waals surface area (Å²) in [6, 6.07) is 8.41. The van der Waals surface area contributed by atoms with Crippen molar-refractivity contribution < 1.29 is 14.0 Å². The van der Waals surface area contributed by atoms with Crippen molar-refractivity contribution in [2.24, 2.45) is 10.8 Å². The maximum atomic E-state index is 14.6. The van der Waals surface area contributed by atoms with Crippen LogP contribution in [0.15, 0.2) is 65.3 Å². The molecule has 3 heteroatoms. The average Bonchev–Trinajstić information content (AvgIpc) is 2.54. The van der Waals surface area contributed by atoms with Crippen LogP contribution >= 0.6 is 0 Å². The van der Waals surface area contributed by atoms with Gasteiger partial charge in [-0.1, -0.05) is 71.9 Å². The van der Waals surface area contributed by atoms with Crippen molar-refractivity contribution in [1.82, 2.24) is 0 Å². The minimum Gasteiger partial charge on any atom is -0.290 e. The molecule has 1 aliphatic carbocycles. The lowest BCUT2D eigenvalue weighted by Crippen LogP contribution is -2.28. The number of Topliss-reactive ketones (excluding diaryl/α,β-unsaturated/α-hetero) is 2. The second kappa shape index (κ2) is 7.14. The van der Waals surface area contributed by atoms with E-state index in [9.17, 15) is 14.0 Å². The van der Waals surface area contributed by atoms with Crippen LogP contribution in [0.25, 0.3) is 0 Å². The van der Waals surface area contributed by atoms with E-state index in [0.717, 1.165) is 0 Å². The number of hydrogen-bond donors (Lipinski definition) is 0. The lowest BCUT2D eigenvalue weighted by Gasteiger charge is -2.31. The largest absolute Gasteiger partial charge is 0.290 e. The fourth-order valence-electron chi connectivity index (χ4n) is 2.87. The molecule has 26 heavy (non-hydrogen) atoms. The van der Waals surface area contributed by atoms with Gasteiger partial charge < -0.3 is 0 Å². The van der Waals surface area contributed by atoms with E-state index in [2.05, 4.69) is 0 Å². The number of carbonyl (C=O) groups excluding carboxylic acids is 2. The first-order valence-corrected chi connectivity index (χ1v) is 8.85. The number of benzene rings is 1. The van der Waals surface area contributed by atoms with Gasteiger partial charge in [-0.25, -0.2) is 4.39 Å². The SMILES string of the molecule is CC(C)(C)C1=CC(=CC(F)C(=O)c2ccccc2)C=C(C(C)(C)C)C1=O. The summed E-state index contributed by atoms with van der Waals surface area (Å²) in [6.07, 6.45) is 2.97. The van der Waals surface area contributed by atoms with Gasteiger partial charge in [-0.15, -0.1) is 0 Å². The minimum atomic E-state index is -1.75. The lowest BCUT2D eigenvalue weighted by molar-refractivity contribution is -0.114. The Hall–Kier alpha value is -2.29. The van der Waals surface area contributed by atoms with E-state index in [1.165, 1.54) is 6.08 Å². The molecule has 0 heterocycles. The Labute approximate surface area is 155 Å². The van der Waals surface area contributed by atoms with Gasteiger partial charge in [0.15, 0.2) is 12.0 Å². The summed E-state index contributed by atoms with van der Waals surface area (Å²) >= 11 is 0. The van der Waals surface area contributed by atoms with E-state index < -0.39 is 12.0 Å². The molecular formula is C23H27FO2. The number of ketones is 2. The zero-order chi connectivity index (χ0) is 19.7. The van der Waals surface area contributed by atoms with Crippen LogP contribution in [-0.2, 0) is 4.79 Å². The molecule has 1 aromatic rings. The number of rotatable bonds is 3. The van der Waals surface area contributed by atoms with Gasteiger partial charge in [0.1, 0.15) is 0 Å². The first-order valence-electron chi connectivity index (χ1n) is 8.85. The maximum absolute atomic E-state index is 14.6. The second-order valence-electron chi connectivity index (χ2n) is 8.74. The predicted octanol–water partition coefficient (Wildman–Crippen LogP) is 5.66. The Morgan fingerprint density at radius 2 is 1.38 bits per heavy atom. The van der Waals surface area contributed by atoms with Crippen molar-refractivity contribution in [3.05, 3.63) is 70.8 Å². The molecule has 2 nitrogen and oxygen atoms in total. The first kappa shape index (κ1) is 20.0. The van der Waals surface area contributed by atoms with E-state index in [4.69, 9.17) is 0 Å². The van der Waals surface area contributed by atoms with Gasteiger partial charge in [0.25, 0.3) is 0 Å². The molecular weight excluding hydrogens is 327 g/mol. The quantitative estimate of drug-likeness (QED) is 0.656. The molecule has 0 aromatic heterocycles. The molecule has 2 rings (SSSR count). The summed E-state index contributed by atoms with van der Waals surface area (Å²) in [5.41, 5.74) is 1.44. The minimum absolute atomic E-state index is 0.00746. The number of hydrogen-bond acceptors (Lipinski definition) is 2. The Morgan fingerprint density at radius 3 is 1.81 bits per heavy atom. The molecule has 0 bridgehead atoms. The molecule has 0 radical (unpaired) electrons. The molecule has 0 saturated carbocycles. The highest BCUT2D eigenvalue weighted by molar-refractivity contribution is 6.12. The van der Waals surface area contributed by atoms with Gasteiger partial charge in [-0.05, 0) is 34.6 Å². The molecule has 0 saturated heterocycles. The zero-order valence-electron chi connectivity index (χ0n) is 16.4. The van der Waals surface area contributed by atoms with Crippen LogP contribution in [0.5, 0.6) is 0 Å². The van der Waals surface area contributed by atoms with E-state index in [1.54, 1.807) is 42.5 Å². The van der Waals surface area contributed by atoms with E-state index in [-0.39, 0.29) is 16.6 Å². The fourth-order valence-corrected chi connectivity index (χ4v) is 2.87. The van der Waals surface area contributed by atoms with Crippen LogP contribution in [0.2, 0.25) is 0 Å². The molecule has 138 valence electrons. The topological polar surface area (TPSA) is 34.1 Å². The molecule has 0 fully saturated rings. The van der Waals surface area contributed by atoms with Crippen molar-refractivity contribution in [2.45, 2.75) is 47.7 Å².